The van der Waals surface area contributed by atoms with Crippen LogP contribution in [0.1, 0.15) is 25.7 Å². The Morgan fingerprint density at radius 3 is 2.18 bits per heavy atom. The summed E-state index contributed by atoms with van der Waals surface area (Å²) >= 11 is 0. The zero-order valence-corrected chi connectivity index (χ0v) is 9.85. The van der Waals surface area contributed by atoms with Crippen molar-refractivity contribution >= 4 is 11.9 Å². The standard InChI is InChI=1S/C13H16O4/c1-16-12(14)9-5-6-10-13(15)17-11-7-3-2-4-8-11/h2-4,7-8H,5-6,9-10H2,1H3. The number of unbranched alkanes of at least 4 members (excludes halogenated alkanes) is 1. The van der Waals surface area contributed by atoms with Gasteiger partial charge in [-0.25, -0.2) is 0 Å². The van der Waals surface area contributed by atoms with Crippen LogP contribution in [-0.2, 0) is 14.3 Å². The number of benzene rings is 1. The largest absolute Gasteiger partial charge is 0.469 e. The van der Waals surface area contributed by atoms with Gasteiger partial charge in [0.1, 0.15) is 5.75 Å². The second-order valence-electron chi connectivity index (χ2n) is 3.57. The molecule has 17 heavy (non-hydrogen) atoms. The SMILES string of the molecule is COC(=O)CCCCC(=O)Oc1ccccc1. The average Bonchev–Trinajstić information content (AvgIpc) is 2.35. The van der Waals surface area contributed by atoms with Crippen molar-refractivity contribution < 1.29 is 19.1 Å². The summed E-state index contributed by atoms with van der Waals surface area (Å²) in [7, 11) is 1.35. The van der Waals surface area contributed by atoms with Crippen LogP contribution >= 0.6 is 0 Å². The molecule has 1 aromatic carbocycles. The lowest BCUT2D eigenvalue weighted by atomic mass is 10.2. The third kappa shape index (κ3) is 5.70. The Bertz CT molecular complexity index is 359. The Hall–Kier alpha value is -1.84. The van der Waals surface area contributed by atoms with Crippen LogP contribution in [0.2, 0.25) is 0 Å². The maximum absolute atomic E-state index is 11.4. The summed E-state index contributed by atoms with van der Waals surface area (Å²) in [4.78, 5) is 22.2. The van der Waals surface area contributed by atoms with E-state index >= 15 is 0 Å². The minimum Gasteiger partial charge on any atom is -0.469 e. The highest BCUT2D eigenvalue weighted by Crippen LogP contribution is 2.10. The molecule has 1 aromatic rings. The highest BCUT2D eigenvalue weighted by atomic mass is 16.5. The summed E-state index contributed by atoms with van der Waals surface area (Å²) < 4.78 is 9.59. The molecule has 0 fully saturated rings. The summed E-state index contributed by atoms with van der Waals surface area (Å²) in [6.07, 6.45) is 1.92. The van der Waals surface area contributed by atoms with Crippen molar-refractivity contribution in [2.45, 2.75) is 25.7 Å². The number of carbonyl (C=O) groups is 2. The van der Waals surface area contributed by atoms with E-state index in [2.05, 4.69) is 4.74 Å². The molecule has 92 valence electrons. The maximum Gasteiger partial charge on any atom is 0.311 e. The van der Waals surface area contributed by atoms with Gasteiger partial charge in [-0.15, -0.1) is 0 Å². The molecule has 0 saturated carbocycles. The molecular weight excluding hydrogens is 220 g/mol. The number of carbonyl (C=O) groups excluding carboxylic acids is 2. The van der Waals surface area contributed by atoms with Crippen LogP contribution in [0.15, 0.2) is 30.3 Å². The Morgan fingerprint density at radius 1 is 1.00 bits per heavy atom. The van der Waals surface area contributed by atoms with E-state index in [1.54, 1.807) is 24.3 Å². The van der Waals surface area contributed by atoms with Crippen molar-refractivity contribution in [2.75, 3.05) is 7.11 Å². The molecular formula is C13H16O4. The molecule has 0 heterocycles. The van der Waals surface area contributed by atoms with E-state index in [0.29, 0.717) is 31.4 Å². The Labute approximate surface area is 101 Å². The third-order valence-corrected chi connectivity index (χ3v) is 2.21. The van der Waals surface area contributed by atoms with E-state index in [1.165, 1.54) is 7.11 Å². The topological polar surface area (TPSA) is 52.6 Å². The zero-order valence-electron chi connectivity index (χ0n) is 9.85. The molecule has 0 aliphatic rings. The fourth-order valence-electron chi connectivity index (χ4n) is 1.31. The summed E-state index contributed by atoms with van der Waals surface area (Å²) in [5.41, 5.74) is 0. The van der Waals surface area contributed by atoms with E-state index in [0.717, 1.165) is 0 Å². The lowest BCUT2D eigenvalue weighted by Crippen LogP contribution is -2.08. The van der Waals surface area contributed by atoms with Gasteiger partial charge in [-0.1, -0.05) is 18.2 Å². The minimum atomic E-state index is -0.277. The van der Waals surface area contributed by atoms with Crippen molar-refractivity contribution in [1.29, 1.82) is 0 Å². The number of hydrogen-bond donors (Lipinski definition) is 0. The van der Waals surface area contributed by atoms with Crippen molar-refractivity contribution in [3.63, 3.8) is 0 Å². The molecule has 4 nitrogen and oxygen atoms in total. The van der Waals surface area contributed by atoms with Gasteiger partial charge in [0.15, 0.2) is 0 Å². The third-order valence-electron chi connectivity index (χ3n) is 2.21. The Kier molecular flexibility index (Phi) is 5.79. The molecule has 1 rings (SSSR count). The molecule has 0 bridgehead atoms. The first-order valence-electron chi connectivity index (χ1n) is 5.55. The van der Waals surface area contributed by atoms with E-state index in [-0.39, 0.29) is 11.9 Å². The number of para-hydroxylation sites is 1. The first-order chi connectivity index (χ1) is 8.22. The van der Waals surface area contributed by atoms with Gasteiger partial charge in [-0.3, -0.25) is 9.59 Å². The van der Waals surface area contributed by atoms with Crippen LogP contribution < -0.4 is 4.74 Å². The molecule has 0 aromatic heterocycles. The maximum atomic E-state index is 11.4. The summed E-state index contributed by atoms with van der Waals surface area (Å²) in [6, 6.07) is 8.92. The number of rotatable bonds is 6. The highest BCUT2D eigenvalue weighted by molar-refractivity contribution is 5.72. The van der Waals surface area contributed by atoms with Gasteiger partial charge >= 0.3 is 11.9 Å². The highest BCUT2D eigenvalue weighted by Gasteiger charge is 2.05. The van der Waals surface area contributed by atoms with Crippen molar-refractivity contribution in [1.82, 2.24) is 0 Å². The molecule has 0 unspecified atom stereocenters. The quantitative estimate of drug-likeness (QED) is 0.432. The number of hydrogen-bond acceptors (Lipinski definition) is 4. The first-order valence-corrected chi connectivity index (χ1v) is 5.55. The van der Waals surface area contributed by atoms with Gasteiger partial charge in [0.05, 0.1) is 7.11 Å². The lowest BCUT2D eigenvalue weighted by molar-refractivity contribution is -0.141. The normalized spacial score (nSPS) is 9.71. The van der Waals surface area contributed by atoms with Gasteiger partial charge in [0.2, 0.25) is 0 Å². The molecule has 0 aliphatic heterocycles. The lowest BCUT2D eigenvalue weighted by Gasteiger charge is -2.03. The predicted octanol–water partition coefficient (Wildman–Crippen LogP) is 2.33. The number of ether oxygens (including phenoxy) is 2. The molecule has 0 amide bonds. The van der Waals surface area contributed by atoms with Crippen LogP contribution in [-0.4, -0.2) is 19.0 Å². The summed E-state index contributed by atoms with van der Waals surface area (Å²) in [6.45, 7) is 0. The molecule has 0 aliphatic carbocycles. The minimum absolute atomic E-state index is 0.249. The number of esters is 2. The first kappa shape index (κ1) is 13.2. The van der Waals surface area contributed by atoms with Crippen LogP contribution in [0, 0.1) is 0 Å². The average molecular weight is 236 g/mol. The van der Waals surface area contributed by atoms with E-state index in [9.17, 15) is 9.59 Å². The van der Waals surface area contributed by atoms with Gasteiger partial charge in [0, 0.05) is 12.8 Å². The molecule has 0 N–H and O–H groups in total. The number of methoxy groups -OCH3 is 1. The summed E-state index contributed by atoms with van der Waals surface area (Å²) in [5.74, 6) is 0.0213. The smallest absolute Gasteiger partial charge is 0.311 e. The van der Waals surface area contributed by atoms with Crippen molar-refractivity contribution in [2.24, 2.45) is 0 Å². The van der Waals surface area contributed by atoms with Crippen molar-refractivity contribution in [3.8, 4) is 5.75 Å². The molecule has 4 heteroatoms. The van der Waals surface area contributed by atoms with Crippen LogP contribution in [0.5, 0.6) is 5.75 Å². The second kappa shape index (κ2) is 7.44. The molecule has 0 spiro atoms. The van der Waals surface area contributed by atoms with E-state index < -0.39 is 0 Å². The fraction of sp³-hybridized carbons (Fsp3) is 0.385. The van der Waals surface area contributed by atoms with Crippen LogP contribution in [0.3, 0.4) is 0 Å². The molecule has 0 atom stereocenters. The second-order valence-corrected chi connectivity index (χ2v) is 3.57. The van der Waals surface area contributed by atoms with E-state index in [4.69, 9.17) is 4.74 Å². The fourth-order valence-corrected chi connectivity index (χ4v) is 1.31. The molecule has 0 saturated heterocycles. The summed E-state index contributed by atoms with van der Waals surface area (Å²) in [5, 5.41) is 0. The van der Waals surface area contributed by atoms with Gasteiger partial charge < -0.3 is 9.47 Å². The molecule has 0 radical (unpaired) electrons. The Balaban J connectivity index is 2.16. The van der Waals surface area contributed by atoms with Crippen LogP contribution in [0.25, 0.3) is 0 Å². The van der Waals surface area contributed by atoms with Crippen molar-refractivity contribution in [3.05, 3.63) is 30.3 Å². The Morgan fingerprint density at radius 2 is 1.59 bits per heavy atom. The van der Waals surface area contributed by atoms with Crippen LogP contribution in [0.4, 0.5) is 0 Å². The van der Waals surface area contributed by atoms with Gasteiger partial charge in [-0.2, -0.15) is 0 Å². The predicted molar refractivity (Wildman–Crippen MR) is 62.6 cm³/mol. The van der Waals surface area contributed by atoms with Gasteiger partial charge in [-0.05, 0) is 25.0 Å². The monoisotopic (exact) mass is 236 g/mol. The zero-order chi connectivity index (χ0) is 12.5. The van der Waals surface area contributed by atoms with E-state index in [1.807, 2.05) is 6.07 Å². The van der Waals surface area contributed by atoms with Gasteiger partial charge in [0.25, 0.3) is 0 Å².